The van der Waals surface area contributed by atoms with Crippen LogP contribution in [0.1, 0.15) is 27.9 Å². The highest BCUT2D eigenvalue weighted by Gasteiger charge is 2.25. The van der Waals surface area contributed by atoms with Gasteiger partial charge in [-0.15, -0.1) is 0 Å². The standard InChI is InChI=1S/C27H23FN4O2/c28-21-13-11-20(12-14-21)27(34)30-24-9-4-10-25-23(24)8-5-15-31(25)26(33)16-19-17-29-32(18-19)22-6-2-1-3-7-22/h1-4,6-7,9-14,17-18H,5,8,15-16H2,(H,30,34). The molecule has 0 saturated carbocycles. The van der Waals surface area contributed by atoms with E-state index >= 15 is 0 Å². The summed E-state index contributed by atoms with van der Waals surface area (Å²) in [5.74, 6) is -0.724. The Hall–Kier alpha value is -4.26. The molecule has 5 rings (SSSR count). The molecule has 0 spiro atoms. The molecule has 1 aliphatic heterocycles. The fourth-order valence-electron chi connectivity index (χ4n) is 4.24. The number of carbonyl (C=O) groups is 2. The molecule has 3 aromatic carbocycles. The van der Waals surface area contributed by atoms with E-state index in [0.717, 1.165) is 35.3 Å². The van der Waals surface area contributed by atoms with Gasteiger partial charge in [0.05, 0.1) is 18.3 Å². The van der Waals surface area contributed by atoms with Crippen LogP contribution in [0.2, 0.25) is 0 Å². The molecule has 170 valence electrons. The van der Waals surface area contributed by atoms with Gasteiger partial charge in [0.25, 0.3) is 5.91 Å². The highest BCUT2D eigenvalue weighted by atomic mass is 19.1. The number of amides is 2. The molecule has 2 amide bonds. The Morgan fingerprint density at radius 3 is 2.56 bits per heavy atom. The molecule has 1 aromatic heterocycles. The third-order valence-corrected chi connectivity index (χ3v) is 5.92. The molecule has 0 bridgehead atoms. The number of aromatic nitrogens is 2. The summed E-state index contributed by atoms with van der Waals surface area (Å²) in [7, 11) is 0. The Bertz CT molecular complexity index is 1330. The van der Waals surface area contributed by atoms with Crippen molar-refractivity contribution in [3.8, 4) is 5.69 Å². The number of nitrogens with one attached hydrogen (secondary N) is 1. The van der Waals surface area contributed by atoms with Gasteiger partial charge in [-0.1, -0.05) is 24.3 Å². The maximum absolute atomic E-state index is 13.2. The Labute approximate surface area is 196 Å². The molecule has 0 unspecified atom stereocenters. The van der Waals surface area contributed by atoms with Crippen molar-refractivity contribution in [1.82, 2.24) is 9.78 Å². The number of halogens is 1. The van der Waals surface area contributed by atoms with Crippen LogP contribution in [0.25, 0.3) is 5.69 Å². The summed E-state index contributed by atoms with van der Waals surface area (Å²) in [5.41, 5.74) is 4.55. The second-order valence-electron chi connectivity index (χ2n) is 8.22. The Balaban J connectivity index is 1.34. The van der Waals surface area contributed by atoms with Gasteiger partial charge in [0, 0.05) is 29.7 Å². The summed E-state index contributed by atoms with van der Waals surface area (Å²) in [6.45, 7) is 0.619. The van der Waals surface area contributed by atoms with Crippen LogP contribution in [-0.2, 0) is 17.6 Å². The maximum atomic E-state index is 13.2. The first-order valence-corrected chi connectivity index (χ1v) is 11.2. The zero-order chi connectivity index (χ0) is 23.5. The lowest BCUT2D eigenvalue weighted by Crippen LogP contribution is -2.36. The molecule has 34 heavy (non-hydrogen) atoms. The van der Waals surface area contributed by atoms with Gasteiger partial charge in [-0.3, -0.25) is 9.59 Å². The van der Waals surface area contributed by atoms with Crippen LogP contribution in [0, 0.1) is 5.82 Å². The fraction of sp³-hybridized carbons (Fsp3) is 0.148. The minimum absolute atomic E-state index is 0.0180. The van der Waals surface area contributed by atoms with Crippen molar-refractivity contribution < 1.29 is 14.0 Å². The molecule has 2 heterocycles. The van der Waals surface area contributed by atoms with E-state index in [1.807, 2.05) is 54.7 Å². The number of anilines is 2. The van der Waals surface area contributed by atoms with E-state index in [-0.39, 0.29) is 18.2 Å². The van der Waals surface area contributed by atoms with E-state index in [1.165, 1.54) is 24.3 Å². The van der Waals surface area contributed by atoms with Gasteiger partial charge in [-0.25, -0.2) is 9.07 Å². The molecule has 0 radical (unpaired) electrons. The summed E-state index contributed by atoms with van der Waals surface area (Å²) in [4.78, 5) is 27.7. The summed E-state index contributed by atoms with van der Waals surface area (Å²) in [6.07, 6.45) is 5.38. The summed E-state index contributed by atoms with van der Waals surface area (Å²) in [5, 5.41) is 7.31. The molecule has 0 aliphatic carbocycles. The molecule has 1 N–H and O–H groups in total. The zero-order valence-electron chi connectivity index (χ0n) is 18.4. The van der Waals surface area contributed by atoms with E-state index in [9.17, 15) is 14.0 Å². The lowest BCUT2D eigenvalue weighted by atomic mass is 9.98. The molecule has 6 nitrogen and oxygen atoms in total. The summed E-state index contributed by atoms with van der Waals surface area (Å²) >= 11 is 0. The van der Waals surface area contributed by atoms with Crippen LogP contribution in [0.3, 0.4) is 0 Å². The molecule has 0 saturated heterocycles. The Morgan fingerprint density at radius 2 is 1.76 bits per heavy atom. The van der Waals surface area contributed by atoms with Crippen LogP contribution < -0.4 is 10.2 Å². The third-order valence-electron chi connectivity index (χ3n) is 5.92. The molecule has 7 heteroatoms. The largest absolute Gasteiger partial charge is 0.322 e. The highest BCUT2D eigenvalue weighted by Crippen LogP contribution is 2.33. The first-order chi connectivity index (χ1) is 16.6. The van der Waals surface area contributed by atoms with Crippen LogP contribution in [0.5, 0.6) is 0 Å². The van der Waals surface area contributed by atoms with Crippen molar-refractivity contribution in [2.45, 2.75) is 19.3 Å². The third kappa shape index (κ3) is 4.45. The van der Waals surface area contributed by atoms with Gasteiger partial charge in [0.1, 0.15) is 5.82 Å². The van der Waals surface area contributed by atoms with Crippen LogP contribution >= 0.6 is 0 Å². The monoisotopic (exact) mass is 454 g/mol. The molecule has 0 fully saturated rings. The van der Waals surface area contributed by atoms with Gasteiger partial charge in [0.2, 0.25) is 5.91 Å². The van der Waals surface area contributed by atoms with Crippen LogP contribution in [0.15, 0.2) is 85.2 Å². The molecular formula is C27H23FN4O2. The topological polar surface area (TPSA) is 67.2 Å². The molecular weight excluding hydrogens is 431 g/mol. The van der Waals surface area contributed by atoms with E-state index in [0.29, 0.717) is 17.8 Å². The number of fused-ring (bicyclic) bond motifs is 1. The number of para-hydroxylation sites is 1. The number of hydrogen-bond acceptors (Lipinski definition) is 3. The molecule has 0 atom stereocenters. The van der Waals surface area contributed by atoms with Crippen molar-refractivity contribution in [3.05, 3.63) is 108 Å². The number of hydrogen-bond donors (Lipinski definition) is 1. The predicted octanol–water partition coefficient (Wildman–Crippen LogP) is 4.79. The van der Waals surface area contributed by atoms with Crippen LogP contribution in [-0.4, -0.2) is 28.1 Å². The quantitative estimate of drug-likeness (QED) is 0.472. The van der Waals surface area contributed by atoms with E-state index in [4.69, 9.17) is 0 Å². The SMILES string of the molecule is O=C(Nc1cccc2c1CCCN2C(=O)Cc1cnn(-c2ccccc2)c1)c1ccc(F)cc1. The number of carbonyl (C=O) groups excluding carboxylic acids is 2. The second kappa shape index (κ2) is 9.31. The summed E-state index contributed by atoms with van der Waals surface area (Å²) < 4.78 is 15.0. The van der Waals surface area contributed by atoms with E-state index in [1.54, 1.807) is 15.8 Å². The Kier molecular flexibility index (Phi) is 5.91. The van der Waals surface area contributed by atoms with E-state index < -0.39 is 5.82 Å². The van der Waals surface area contributed by atoms with Gasteiger partial charge in [-0.2, -0.15) is 5.10 Å². The lowest BCUT2D eigenvalue weighted by Gasteiger charge is -2.31. The lowest BCUT2D eigenvalue weighted by molar-refractivity contribution is -0.118. The van der Waals surface area contributed by atoms with Crippen molar-refractivity contribution in [3.63, 3.8) is 0 Å². The Morgan fingerprint density at radius 1 is 0.971 bits per heavy atom. The maximum Gasteiger partial charge on any atom is 0.255 e. The minimum Gasteiger partial charge on any atom is -0.322 e. The van der Waals surface area contributed by atoms with E-state index in [2.05, 4.69) is 10.4 Å². The van der Waals surface area contributed by atoms with Gasteiger partial charge in [0.15, 0.2) is 0 Å². The summed E-state index contributed by atoms with van der Waals surface area (Å²) in [6, 6.07) is 20.7. The van der Waals surface area contributed by atoms with Crippen molar-refractivity contribution in [2.75, 3.05) is 16.8 Å². The van der Waals surface area contributed by atoms with Gasteiger partial charge < -0.3 is 10.2 Å². The average molecular weight is 455 g/mol. The highest BCUT2D eigenvalue weighted by molar-refractivity contribution is 6.05. The first-order valence-electron chi connectivity index (χ1n) is 11.2. The van der Waals surface area contributed by atoms with Crippen LogP contribution in [0.4, 0.5) is 15.8 Å². The van der Waals surface area contributed by atoms with Gasteiger partial charge >= 0.3 is 0 Å². The normalized spacial score (nSPS) is 12.8. The fourth-order valence-corrected chi connectivity index (χ4v) is 4.24. The molecule has 1 aliphatic rings. The van der Waals surface area contributed by atoms with Gasteiger partial charge in [-0.05, 0) is 72.5 Å². The minimum atomic E-state index is -0.392. The second-order valence-corrected chi connectivity index (χ2v) is 8.22. The number of benzene rings is 3. The molecule has 4 aromatic rings. The predicted molar refractivity (Wildman–Crippen MR) is 129 cm³/mol. The average Bonchev–Trinajstić information content (AvgIpc) is 3.33. The smallest absolute Gasteiger partial charge is 0.255 e. The van der Waals surface area contributed by atoms with Crippen molar-refractivity contribution in [1.29, 1.82) is 0 Å². The number of rotatable bonds is 5. The zero-order valence-corrected chi connectivity index (χ0v) is 18.4. The first kappa shape index (κ1) is 21.6. The van der Waals surface area contributed by atoms with Crippen molar-refractivity contribution >= 4 is 23.2 Å². The van der Waals surface area contributed by atoms with Crippen molar-refractivity contribution in [2.24, 2.45) is 0 Å². The number of nitrogens with zero attached hydrogens (tertiary/aromatic N) is 3.